The standard InChI is InChI=1S/C40H52O3P2/c1-37(2,3)29-17-23-35(33(25-29)39(7,8)9)42-44-31-19-13-27(14-20-31)28-15-21-32(22-16-28)45(41)43-36-24-18-30(38(4,5)6)26-34(36)40(10,11)12/h13-26,44-45H,1-12H3. The summed E-state index contributed by atoms with van der Waals surface area (Å²) in [4.78, 5) is 0. The zero-order chi connectivity index (χ0) is 33.4. The topological polar surface area (TPSA) is 35.5 Å². The molecular weight excluding hydrogens is 590 g/mol. The molecule has 0 bridgehead atoms. The second kappa shape index (κ2) is 13.1. The van der Waals surface area contributed by atoms with Crippen LogP contribution in [0.3, 0.4) is 0 Å². The van der Waals surface area contributed by atoms with Crippen molar-refractivity contribution in [1.29, 1.82) is 0 Å². The van der Waals surface area contributed by atoms with Gasteiger partial charge in [-0.15, -0.1) is 0 Å². The smallest absolute Gasteiger partial charge is 0.265 e. The summed E-state index contributed by atoms with van der Waals surface area (Å²) in [7, 11) is -2.27. The Morgan fingerprint density at radius 3 is 1.38 bits per heavy atom. The highest BCUT2D eigenvalue weighted by Gasteiger charge is 2.25. The van der Waals surface area contributed by atoms with E-state index in [-0.39, 0.29) is 30.5 Å². The van der Waals surface area contributed by atoms with Crippen LogP contribution in [0.4, 0.5) is 0 Å². The van der Waals surface area contributed by atoms with Crippen LogP contribution in [-0.2, 0) is 26.2 Å². The minimum Gasteiger partial charge on any atom is -0.472 e. The van der Waals surface area contributed by atoms with Crippen molar-refractivity contribution in [2.75, 3.05) is 0 Å². The Labute approximate surface area is 274 Å². The average Bonchev–Trinajstić information content (AvgIpc) is 2.94. The summed E-state index contributed by atoms with van der Waals surface area (Å²) < 4.78 is 25.9. The predicted molar refractivity (Wildman–Crippen MR) is 197 cm³/mol. The SMILES string of the molecule is CC(C)(C)c1ccc(OPc2ccc(-c3ccc([PH](=O)Oc4ccc(C(C)(C)C)cc4C(C)(C)C)cc3)cc2)c(C(C)(C)C)c1. The second-order valence-corrected chi connectivity index (χ2v) is 18.5. The lowest BCUT2D eigenvalue weighted by Crippen LogP contribution is -2.17. The van der Waals surface area contributed by atoms with Gasteiger partial charge in [-0.3, -0.25) is 4.57 Å². The molecule has 4 aromatic carbocycles. The molecule has 5 heteroatoms. The minimum atomic E-state index is -2.48. The first kappa shape index (κ1) is 35.0. The molecule has 0 heterocycles. The maximum absolute atomic E-state index is 13.4. The van der Waals surface area contributed by atoms with Gasteiger partial charge in [-0.2, -0.15) is 0 Å². The summed E-state index contributed by atoms with van der Waals surface area (Å²) in [6, 6.07) is 29.3. The molecule has 0 fully saturated rings. The molecule has 0 amide bonds. The first-order chi connectivity index (χ1) is 20.7. The Kier molecular flexibility index (Phi) is 10.2. The van der Waals surface area contributed by atoms with Gasteiger partial charge in [-0.1, -0.05) is 144 Å². The predicted octanol–water partition coefficient (Wildman–Crippen LogP) is 11.0. The molecule has 2 atom stereocenters. The van der Waals surface area contributed by atoms with E-state index in [4.69, 9.17) is 9.05 Å². The molecule has 45 heavy (non-hydrogen) atoms. The highest BCUT2D eigenvalue weighted by Crippen LogP contribution is 2.40. The molecule has 0 aliphatic carbocycles. The van der Waals surface area contributed by atoms with Crippen molar-refractivity contribution in [2.24, 2.45) is 0 Å². The number of rotatable bonds is 7. The van der Waals surface area contributed by atoms with Crippen molar-refractivity contribution in [3.8, 4) is 22.6 Å². The van der Waals surface area contributed by atoms with Crippen LogP contribution in [-0.4, -0.2) is 0 Å². The van der Waals surface area contributed by atoms with Crippen molar-refractivity contribution in [1.82, 2.24) is 0 Å². The van der Waals surface area contributed by atoms with Gasteiger partial charge in [0.1, 0.15) is 20.3 Å². The zero-order valence-corrected chi connectivity index (χ0v) is 31.3. The average molecular weight is 643 g/mol. The highest BCUT2D eigenvalue weighted by molar-refractivity contribution is 7.48. The minimum absolute atomic E-state index is 0.0148. The van der Waals surface area contributed by atoms with Crippen LogP contribution in [0.25, 0.3) is 11.1 Å². The number of hydrogen-bond donors (Lipinski definition) is 0. The van der Waals surface area contributed by atoms with Crippen molar-refractivity contribution < 1.29 is 13.6 Å². The number of benzene rings is 4. The zero-order valence-electron chi connectivity index (χ0n) is 29.3. The van der Waals surface area contributed by atoms with Crippen LogP contribution in [0.5, 0.6) is 11.5 Å². The van der Waals surface area contributed by atoms with Crippen LogP contribution in [0.15, 0.2) is 84.9 Å². The van der Waals surface area contributed by atoms with Gasteiger partial charge in [0, 0.05) is 21.7 Å². The van der Waals surface area contributed by atoms with Crippen LogP contribution < -0.4 is 19.7 Å². The fourth-order valence-corrected chi connectivity index (χ4v) is 6.79. The first-order valence-electron chi connectivity index (χ1n) is 15.9. The van der Waals surface area contributed by atoms with Crippen molar-refractivity contribution >= 4 is 27.4 Å². The third-order valence-corrected chi connectivity index (χ3v) is 10.2. The van der Waals surface area contributed by atoms with E-state index in [9.17, 15) is 4.57 Å². The van der Waals surface area contributed by atoms with Gasteiger partial charge in [0.05, 0.1) is 0 Å². The van der Waals surface area contributed by atoms with E-state index in [1.807, 2.05) is 30.3 Å². The molecule has 0 aliphatic rings. The third kappa shape index (κ3) is 8.90. The van der Waals surface area contributed by atoms with Crippen molar-refractivity contribution in [3.63, 3.8) is 0 Å². The van der Waals surface area contributed by atoms with Gasteiger partial charge in [0.15, 0.2) is 0 Å². The van der Waals surface area contributed by atoms with Gasteiger partial charge in [-0.25, -0.2) is 0 Å². The molecule has 0 spiro atoms. The quantitative estimate of drug-likeness (QED) is 0.188. The molecule has 4 rings (SSSR count). The second-order valence-electron chi connectivity index (χ2n) is 16.2. The summed E-state index contributed by atoms with van der Waals surface area (Å²) in [5.74, 6) is 1.65. The molecule has 0 saturated carbocycles. The van der Waals surface area contributed by atoms with Crippen molar-refractivity contribution in [3.05, 3.63) is 107 Å². The monoisotopic (exact) mass is 642 g/mol. The number of hydrogen-bond acceptors (Lipinski definition) is 3. The lowest BCUT2D eigenvalue weighted by molar-refractivity contribution is 0.492. The summed E-state index contributed by atoms with van der Waals surface area (Å²) in [5, 5.41) is 1.85. The molecule has 240 valence electrons. The van der Waals surface area contributed by atoms with Gasteiger partial charge in [0.2, 0.25) is 0 Å². The maximum atomic E-state index is 13.4. The van der Waals surface area contributed by atoms with E-state index in [1.54, 1.807) is 0 Å². The summed E-state index contributed by atoms with van der Waals surface area (Å²) in [6.45, 7) is 26.6. The third-order valence-electron chi connectivity index (χ3n) is 8.13. The van der Waals surface area contributed by atoms with Crippen LogP contribution in [0.1, 0.15) is 105 Å². The van der Waals surface area contributed by atoms with Gasteiger partial charge < -0.3 is 9.05 Å². The molecule has 0 N–H and O–H groups in total. The van der Waals surface area contributed by atoms with Gasteiger partial charge in [0.25, 0.3) is 8.03 Å². The Hall–Kier alpha value is -2.86. The molecule has 0 radical (unpaired) electrons. The molecule has 3 nitrogen and oxygen atoms in total. The lowest BCUT2D eigenvalue weighted by atomic mass is 9.80. The van der Waals surface area contributed by atoms with E-state index in [0.29, 0.717) is 11.1 Å². The van der Waals surface area contributed by atoms with E-state index in [0.717, 1.165) is 27.7 Å². The van der Waals surface area contributed by atoms with Gasteiger partial charge >= 0.3 is 0 Å². The van der Waals surface area contributed by atoms with E-state index >= 15 is 0 Å². The fourth-order valence-electron chi connectivity index (χ4n) is 5.15. The Morgan fingerprint density at radius 1 is 0.511 bits per heavy atom. The molecule has 2 unspecified atom stereocenters. The van der Waals surface area contributed by atoms with E-state index < -0.39 is 8.03 Å². The highest BCUT2D eigenvalue weighted by atomic mass is 31.1. The Morgan fingerprint density at radius 2 is 0.933 bits per heavy atom. The van der Waals surface area contributed by atoms with Crippen LogP contribution >= 0.6 is 16.8 Å². The van der Waals surface area contributed by atoms with Gasteiger partial charge in [-0.05, 0) is 68.2 Å². The van der Waals surface area contributed by atoms with E-state index in [2.05, 4.69) is 138 Å². The largest absolute Gasteiger partial charge is 0.472 e. The molecule has 0 aliphatic heterocycles. The summed E-state index contributed by atoms with van der Waals surface area (Å²) in [6.07, 6.45) is 0. The van der Waals surface area contributed by atoms with E-state index in [1.165, 1.54) is 16.7 Å². The molecule has 0 saturated heterocycles. The molecular formula is C40H52O3P2. The normalized spacial score (nSPS) is 13.7. The van der Waals surface area contributed by atoms with Crippen LogP contribution in [0, 0.1) is 0 Å². The first-order valence-corrected chi connectivity index (χ1v) is 18.1. The lowest BCUT2D eigenvalue weighted by Gasteiger charge is -2.27. The Bertz CT molecular complexity index is 1640. The molecule has 4 aromatic rings. The summed E-state index contributed by atoms with van der Waals surface area (Å²) in [5.41, 5.74) is 7.02. The summed E-state index contributed by atoms with van der Waals surface area (Å²) >= 11 is 0. The maximum Gasteiger partial charge on any atom is 0.265 e. The fraction of sp³-hybridized carbons (Fsp3) is 0.400. The van der Waals surface area contributed by atoms with Crippen LogP contribution in [0.2, 0.25) is 0 Å². The van der Waals surface area contributed by atoms with Crippen molar-refractivity contribution in [2.45, 2.75) is 105 Å². The molecule has 0 aromatic heterocycles. The Balaban J connectivity index is 1.45.